The molecule has 7 heteroatoms. The molecule has 0 amide bonds. The molecule has 0 aromatic rings. The Balaban J connectivity index is 3.99. The number of rotatable bonds is 6. The number of ether oxygens (including phenoxy) is 3. The molecule has 0 unspecified atom stereocenters. The van der Waals surface area contributed by atoms with Gasteiger partial charge in [0.15, 0.2) is 0 Å². The van der Waals surface area contributed by atoms with Gasteiger partial charge in [0.25, 0.3) is 0 Å². The molecular formula is C14H20O7. The van der Waals surface area contributed by atoms with Gasteiger partial charge >= 0.3 is 23.9 Å². The van der Waals surface area contributed by atoms with Crippen LogP contribution in [0.4, 0.5) is 0 Å². The van der Waals surface area contributed by atoms with Crippen molar-refractivity contribution in [3.8, 4) is 0 Å². The van der Waals surface area contributed by atoms with Crippen LogP contribution in [0, 0.1) is 5.41 Å². The van der Waals surface area contributed by atoms with E-state index in [1.54, 1.807) is 27.7 Å². The average Bonchev–Trinajstić information content (AvgIpc) is 2.35. The summed E-state index contributed by atoms with van der Waals surface area (Å²) in [4.78, 5) is 44.8. The summed E-state index contributed by atoms with van der Waals surface area (Å²) in [5.74, 6) is -2.89. The van der Waals surface area contributed by atoms with Gasteiger partial charge in [0.05, 0.1) is 18.4 Å². The average molecular weight is 300 g/mol. The van der Waals surface area contributed by atoms with Crippen molar-refractivity contribution < 1.29 is 33.4 Å². The minimum atomic E-state index is -0.794. The van der Waals surface area contributed by atoms with Crippen LogP contribution in [0.2, 0.25) is 0 Å². The van der Waals surface area contributed by atoms with Gasteiger partial charge in [0, 0.05) is 12.2 Å². The number of hydrogen-bond donors (Lipinski definition) is 0. The molecule has 0 aromatic heterocycles. The summed E-state index contributed by atoms with van der Waals surface area (Å²) in [5.41, 5.74) is -0.783. The first kappa shape index (κ1) is 18.8. The zero-order valence-corrected chi connectivity index (χ0v) is 12.6. The number of carbonyl (C=O) groups is 4. The van der Waals surface area contributed by atoms with E-state index in [9.17, 15) is 19.2 Å². The highest BCUT2D eigenvalue weighted by Gasteiger charge is 2.25. The Labute approximate surface area is 123 Å². The lowest BCUT2D eigenvalue weighted by Gasteiger charge is -2.15. The van der Waals surface area contributed by atoms with E-state index in [0.29, 0.717) is 0 Å². The van der Waals surface area contributed by atoms with Crippen molar-refractivity contribution in [3.63, 3.8) is 0 Å². The van der Waals surface area contributed by atoms with E-state index in [0.717, 1.165) is 12.2 Å². The summed E-state index contributed by atoms with van der Waals surface area (Å²) in [6.45, 7) is 6.43. The summed E-state index contributed by atoms with van der Waals surface area (Å²) in [7, 11) is 0. The van der Waals surface area contributed by atoms with Crippen LogP contribution >= 0.6 is 0 Å². The van der Waals surface area contributed by atoms with Gasteiger partial charge in [-0.25, -0.2) is 9.59 Å². The first-order chi connectivity index (χ1) is 9.66. The van der Waals surface area contributed by atoms with Crippen molar-refractivity contribution in [2.24, 2.45) is 5.41 Å². The van der Waals surface area contributed by atoms with E-state index < -0.39 is 29.3 Å². The highest BCUT2D eigenvalue weighted by Crippen LogP contribution is 2.15. The Bertz CT molecular complexity index is 429. The summed E-state index contributed by atoms with van der Waals surface area (Å²) in [6, 6.07) is 0. The highest BCUT2D eigenvalue weighted by molar-refractivity contribution is 5.92. The second-order valence-corrected chi connectivity index (χ2v) is 5.01. The van der Waals surface area contributed by atoms with E-state index in [-0.39, 0.29) is 19.6 Å². The van der Waals surface area contributed by atoms with Crippen molar-refractivity contribution in [2.45, 2.75) is 34.1 Å². The van der Waals surface area contributed by atoms with E-state index in [1.165, 1.54) is 0 Å². The van der Waals surface area contributed by atoms with Crippen LogP contribution in [0.15, 0.2) is 12.2 Å². The molecule has 7 nitrogen and oxygen atoms in total. The highest BCUT2D eigenvalue weighted by atomic mass is 16.6. The quantitative estimate of drug-likeness (QED) is 0.314. The summed E-state index contributed by atoms with van der Waals surface area (Å²) >= 11 is 0. The maximum Gasteiger partial charge on any atom is 0.331 e. The second kappa shape index (κ2) is 8.89. The lowest BCUT2D eigenvalue weighted by Crippen LogP contribution is -2.26. The fraction of sp³-hybridized carbons (Fsp3) is 0.571. The zero-order valence-electron chi connectivity index (χ0n) is 12.6. The third-order valence-corrected chi connectivity index (χ3v) is 2.01. The smallest absolute Gasteiger partial charge is 0.331 e. The van der Waals surface area contributed by atoms with Crippen molar-refractivity contribution in [3.05, 3.63) is 12.2 Å². The van der Waals surface area contributed by atoms with Gasteiger partial charge in [-0.1, -0.05) is 0 Å². The van der Waals surface area contributed by atoms with Gasteiger partial charge < -0.3 is 14.2 Å². The van der Waals surface area contributed by atoms with Gasteiger partial charge in [0.1, 0.15) is 6.61 Å². The molecule has 0 aromatic carbocycles. The molecule has 0 rings (SSSR count). The predicted octanol–water partition coefficient (Wildman–Crippen LogP) is 1.15. The van der Waals surface area contributed by atoms with E-state index in [1.807, 2.05) is 0 Å². The van der Waals surface area contributed by atoms with Crippen LogP contribution in [-0.4, -0.2) is 37.1 Å². The van der Waals surface area contributed by atoms with Crippen LogP contribution in [0.1, 0.15) is 34.1 Å². The lowest BCUT2D eigenvalue weighted by atomic mass is 9.97. The van der Waals surface area contributed by atoms with Gasteiger partial charge in [-0.2, -0.15) is 0 Å². The van der Waals surface area contributed by atoms with E-state index in [2.05, 4.69) is 14.2 Å². The van der Waals surface area contributed by atoms with Crippen LogP contribution in [-0.2, 0) is 33.4 Å². The number of hydrogen-bond acceptors (Lipinski definition) is 7. The van der Waals surface area contributed by atoms with Gasteiger partial charge in [0.2, 0.25) is 0 Å². The number of esters is 4. The van der Waals surface area contributed by atoms with Crippen LogP contribution in [0.25, 0.3) is 0 Å². The van der Waals surface area contributed by atoms with Crippen LogP contribution < -0.4 is 0 Å². The Morgan fingerprint density at radius 3 is 1.95 bits per heavy atom. The third kappa shape index (κ3) is 9.37. The molecule has 0 heterocycles. The Morgan fingerprint density at radius 1 is 0.952 bits per heavy atom. The molecule has 0 radical (unpaired) electrons. The molecule has 0 spiro atoms. The van der Waals surface area contributed by atoms with Crippen molar-refractivity contribution in [2.75, 3.05) is 13.2 Å². The largest absolute Gasteiger partial charge is 0.463 e. The fourth-order valence-electron chi connectivity index (χ4n) is 0.917. The monoisotopic (exact) mass is 300 g/mol. The summed E-state index contributed by atoms with van der Waals surface area (Å²) in [5, 5.41) is 0. The molecule has 0 N–H and O–H groups in total. The minimum absolute atomic E-state index is 0.200. The van der Waals surface area contributed by atoms with Crippen molar-refractivity contribution in [1.82, 2.24) is 0 Å². The van der Waals surface area contributed by atoms with E-state index >= 15 is 0 Å². The zero-order chi connectivity index (χ0) is 16.5. The molecule has 0 atom stereocenters. The fourth-order valence-corrected chi connectivity index (χ4v) is 0.917. The summed E-state index contributed by atoms with van der Waals surface area (Å²) in [6.07, 6.45) is 1.57. The SMILES string of the molecule is CCOC(=O)/C=C/C(=O)OCCC(=O)OC(=O)C(C)(C)C. The first-order valence-corrected chi connectivity index (χ1v) is 6.43. The van der Waals surface area contributed by atoms with E-state index in [4.69, 9.17) is 0 Å². The molecule has 0 saturated heterocycles. The molecule has 0 bridgehead atoms. The van der Waals surface area contributed by atoms with Gasteiger partial charge in [-0.15, -0.1) is 0 Å². The second-order valence-electron chi connectivity index (χ2n) is 5.01. The van der Waals surface area contributed by atoms with Crippen molar-refractivity contribution in [1.29, 1.82) is 0 Å². The third-order valence-electron chi connectivity index (χ3n) is 2.01. The topological polar surface area (TPSA) is 96.0 Å². The molecule has 0 aliphatic heterocycles. The maximum absolute atomic E-state index is 11.4. The Morgan fingerprint density at radius 2 is 1.48 bits per heavy atom. The molecule has 0 aliphatic rings. The van der Waals surface area contributed by atoms with Gasteiger partial charge in [-0.05, 0) is 27.7 Å². The van der Waals surface area contributed by atoms with Crippen LogP contribution in [0.3, 0.4) is 0 Å². The molecule has 0 aliphatic carbocycles. The summed E-state index contributed by atoms with van der Waals surface area (Å²) < 4.78 is 13.8. The Kier molecular flexibility index (Phi) is 7.96. The first-order valence-electron chi connectivity index (χ1n) is 6.43. The Hall–Kier alpha value is -2.18. The normalized spacial score (nSPS) is 11.0. The standard InChI is InChI=1S/C14H20O7/c1-5-19-10(15)6-7-11(16)20-9-8-12(17)21-13(18)14(2,3)4/h6-7H,5,8-9H2,1-4H3/b7-6+. The lowest BCUT2D eigenvalue weighted by molar-refractivity contribution is -0.166. The van der Waals surface area contributed by atoms with Gasteiger partial charge in [-0.3, -0.25) is 9.59 Å². The molecule has 21 heavy (non-hydrogen) atoms. The molecule has 118 valence electrons. The molecular weight excluding hydrogens is 280 g/mol. The number of carbonyl (C=O) groups excluding carboxylic acids is 4. The van der Waals surface area contributed by atoms with Crippen LogP contribution in [0.5, 0.6) is 0 Å². The molecule has 0 fully saturated rings. The maximum atomic E-state index is 11.4. The van der Waals surface area contributed by atoms with Crippen molar-refractivity contribution >= 4 is 23.9 Å². The predicted molar refractivity (Wildman–Crippen MR) is 71.9 cm³/mol. The minimum Gasteiger partial charge on any atom is -0.463 e. The molecule has 0 saturated carbocycles.